The van der Waals surface area contributed by atoms with Gasteiger partial charge in [-0.25, -0.2) is 0 Å². The van der Waals surface area contributed by atoms with E-state index in [0.29, 0.717) is 18.4 Å². The third-order valence-electron chi connectivity index (χ3n) is 2.72. The lowest BCUT2D eigenvalue weighted by Crippen LogP contribution is -2.34. The molecule has 0 aliphatic heterocycles. The van der Waals surface area contributed by atoms with Gasteiger partial charge in [0, 0.05) is 19.2 Å². The minimum atomic E-state index is 0.215. The minimum absolute atomic E-state index is 0.215. The molecule has 3 nitrogen and oxygen atoms in total. The van der Waals surface area contributed by atoms with Crippen molar-refractivity contribution < 1.29 is 9.84 Å². The third-order valence-corrected chi connectivity index (χ3v) is 2.72. The minimum Gasteiger partial charge on any atom is -0.508 e. The van der Waals surface area contributed by atoms with Gasteiger partial charge in [-0.15, -0.1) is 0 Å². The van der Waals surface area contributed by atoms with Crippen LogP contribution in [-0.4, -0.2) is 24.9 Å². The first-order valence-corrected chi connectivity index (χ1v) is 5.71. The van der Waals surface area contributed by atoms with E-state index in [-0.39, 0.29) is 6.04 Å². The molecule has 0 unspecified atom stereocenters. The first kappa shape index (κ1) is 13.0. The summed E-state index contributed by atoms with van der Waals surface area (Å²) in [6, 6.07) is 7.91. The Labute approximate surface area is 97.4 Å². The third kappa shape index (κ3) is 3.83. The van der Waals surface area contributed by atoms with E-state index in [2.05, 4.69) is 19.2 Å². The Morgan fingerprint density at radius 3 is 2.75 bits per heavy atom. The average Bonchev–Trinajstić information content (AvgIpc) is 2.28. The summed E-state index contributed by atoms with van der Waals surface area (Å²) in [5, 5.41) is 12.9. The topological polar surface area (TPSA) is 41.5 Å². The van der Waals surface area contributed by atoms with Crippen LogP contribution in [0.25, 0.3) is 0 Å². The van der Waals surface area contributed by atoms with Crippen LogP contribution in [-0.2, 0) is 4.74 Å². The van der Waals surface area contributed by atoms with Crippen LogP contribution in [0.1, 0.15) is 31.9 Å². The van der Waals surface area contributed by atoms with Crippen molar-refractivity contribution in [3.8, 4) is 5.75 Å². The van der Waals surface area contributed by atoms with E-state index in [9.17, 15) is 5.11 Å². The SMILES string of the molecule is CC[C@@H](COC)N[C@H](C)c1cccc(O)c1. The summed E-state index contributed by atoms with van der Waals surface area (Å²) < 4.78 is 5.14. The van der Waals surface area contributed by atoms with Crippen LogP contribution in [0.5, 0.6) is 5.75 Å². The number of phenols is 1. The molecule has 3 heteroatoms. The molecule has 0 aliphatic rings. The van der Waals surface area contributed by atoms with Crippen LogP contribution < -0.4 is 5.32 Å². The summed E-state index contributed by atoms with van der Waals surface area (Å²) >= 11 is 0. The fourth-order valence-electron chi connectivity index (χ4n) is 1.73. The van der Waals surface area contributed by atoms with Crippen LogP contribution in [0.2, 0.25) is 0 Å². The van der Waals surface area contributed by atoms with Gasteiger partial charge < -0.3 is 15.2 Å². The van der Waals surface area contributed by atoms with Gasteiger partial charge in [-0.3, -0.25) is 0 Å². The fraction of sp³-hybridized carbons (Fsp3) is 0.538. The van der Waals surface area contributed by atoms with Crippen molar-refractivity contribution >= 4 is 0 Å². The highest BCUT2D eigenvalue weighted by atomic mass is 16.5. The molecule has 2 N–H and O–H groups in total. The van der Waals surface area contributed by atoms with Gasteiger partial charge in [-0.1, -0.05) is 19.1 Å². The number of hydrogen-bond donors (Lipinski definition) is 2. The lowest BCUT2D eigenvalue weighted by Gasteiger charge is -2.22. The van der Waals surface area contributed by atoms with Crippen molar-refractivity contribution in [2.45, 2.75) is 32.4 Å². The molecule has 0 radical (unpaired) electrons. The van der Waals surface area contributed by atoms with Crippen LogP contribution in [0.3, 0.4) is 0 Å². The van der Waals surface area contributed by atoms with Crippen molar-refractivity contribution in [3.05, 3.63) is 29.8 Å². The van der Waals surface area contributed by atoms with Crippen LogP contribution >= 0.6 is 0 Å². The Bertz CT molecular complexity index is 315. The zero-order chi connectivity index (χ0) is 12.0. The van der Waals surface area contributed by atoms with E-state index in [1.54, 1.807) is 19.2 Å². The van der Waals surface area contributed by atoms with E-state index in [0.717, 1.165) is 12.0 Å². The van der Waals surface area contributed by atoms with E-state index in [4.69, 9.17) is 4.74 Å². The number of benzene rings is 1. The number of aromatic hydroxyl groups is 1. The van der Waals surface area contributed by atoms with Gasteiger partial charge in [0.25, 0.3) is 0 Å². The van der Waals surface area contributed by atoms with E-state index < -0.39 is 0 Å². The Kier molecular flexibility index (Phi) is 5.29. The highest BCUT2D eigenvalue weighted by Crippen LogP contribution is 2.18. The fourth-order valence-corrected chi connectivity index (χ4v) is 1.73. The van der Waals surface area contributed by atoms with Crippen molar-refractivity contribution in [1.82, 2.24) is 5.32 Å². The van der Waals surface area contributed by atoms with Gasteiger partial charge in [0.15, 0.2) is 0 Å². The summed E-state index contributed by atoms with van der Waals surface area (Å²) in [5.41, 5.74) is 1.09. The molecular weight excluding hydrogens is 202 g/mol. The molecule has 16 heavy (non-hydrogen) atoms. The first-order chi connectivity index (χ1) is 7.67. The summed E-state index contributed by atoms with van der Waals surface area (Å²) in [5.74, 6) is 0.311. The van der Waals surface area contributed by atoms with Gasteiger partial charge in [0.05, 0.1) is 6.61 Å². The smallest absolute Gasteiger partial charge is 0.115 e. The second kappa shape index (κ2) is 6.51. The largest absolute Gasteiger partial charge is 0.508 e. The zero-order valence-corrected chi connectivity index (χ0v) is 10.2. The molecule has 0 fully saturated rings. The van der Waals surface area contributed by atoms with Crippen LogP contribution in [0, 0.1) is 0 Å². The second-order valence-electron chi connectivity index (χ2n) is 4.04. The average molecular weight is 223 g/mol. The van der Waals surface area contributed by atoms with Crippen LogP contribution in [0.4, 0.5) is 0 Å². The predicted molar refractivity (Wildman–Crippen MR) is 65.6 cm³/mol. The molecule has 0 heterocycles. The zero-order valence-electron chi connectivity index (χ0n) is 10.2. The van der Waals surface area contributed by atoms with Crippen molar-refractivity contribution in [2.75, 3.05) is 13.7 Å². The highest BCUT2D eigenvalue weighted by molar-refractivity contribution is 5.29. The molecule has 0 saturated carbocycles. The Hall–Kier alpha value is -1.06. The maximum absolute atomic E-state index is 9.40. The normalized spacial score (nSPS) is 14.7. The summed E-state index contributed by atoms with van der Waals surface area (Å²) in [4.78, 5) is 0. The number of phenolic OH excluding ortho intramolecular Hbond substituents is 1. The molecule has 0 bridgehead atoms. The molecule has 1 aromatic carbocycles. The van der Waals surface area contributed by atoms with Gasteiger partial charge >= 0.3 is 0 Å². The maximum atomic E-state index is 9.40. The van der Waals surface area contributed by atoms with Crippen molar-refractivity contribution in [1.29, 1.82) is 0 Å². The maximum Gasteiger partial charge on any atom is 0.115 e. The summed E-state index contributed by atoms with van der Waals surface area (Å²) in [6.07, 6.45) is 1.02. The number of hydrogen-bond acceptors (Lipinski definition) is 3. The van der Waals surface area contributed by atoms with Gasteiger partial charge in [0.1, 0.15) is 5.75 Å². The van der Waals surface area contributed by atoms with Gasteiger partial charge in [-0.05, 0) is 31.0 Å². The molecule has 0 aromatic heterocycles. The predicted octanol–water partition coefficient (Wildman–Crippen LogP) is 2.47. The number of methoxy groups -OCH3 is 1. The molecule has 0 amide bonds. The van der Waals surface area contributed by atoms with Crippen molar-refractivity contribution in [2.24, 2.45) is 0 Å². The molecular formula is C13H21NO2. The molecule has 1 rings (SSSR count). The molecule has 2 atom stereocenters. The number of ether oxygens (including phenoxy) is 1. The molecule has 0 aliphatic carbocycles. The summed E-state index contributed by atoms with van der Waals surface area (Å²) in [7, 11) is 1.71. The lowest BCUT2D eigenvalue weighted by atomic mass is 10.1. The van der Waals surface area contributed by atoms with Gasteiger partial charge in [-0.2, -0.15) is 0 Å². The van der Waals surface area contributed by atoms with E-state index >= 15 is 0 Å². The summed E-state index contributed by atoms with van der Waals surface area (Å²) in [6.45, 7) is 4.93. The standard InChI is InChI=1S/C13H21NO2/c1-4-12(9-16-3)14-10(2)11-6-5-7-13(15)8-11/h5-8,10,12,14-15H,4,9H2,1-3H3/t10-,12+/m1/s1. The molecule has 0 spiro atoms. The second-order valence-corrected chi connectivity index (χ2v) is 4.04. The Morgan fingerprint density at radius 2 is 2.19 bits per heavy atom. The number of rotatable bonds is 6. The molecule has 0 saturated heterocycles. The first-order valence-electron chi connectivity index (χ1n) is 5.71. The molecule has 1 aromatic rings. The Morgan fingerprint density at radius 1 is 1.44 bits per heavy atom. The Balaban J connectivity index is 2.60. The van der Waals surface area contributed by atoms with Crippen LogP contribution in [0.15, 0.2) is 24.3 Å². The van der Waals surface area contributed by atoms with Gasteiger partial charge in [0.2, 0.25) is 0 Å². The number of nitrogens with one attached hydrogen (secondary N) is 1. The quantitative estimate of drug-likeness (QED) is 0.778. The molecule has 90 valence electrons. The van der Waals surface area contributed by atoms with Crippen molar-refractivity contribution in [3.63, 3.8) is 0 Å². The van der Waals surface area contributed by atoms with E-state index in [1.807, 2.05) is 12.1 Å². The highest BCUT2D eigenvalue weighted by Gasteiger charge is 2.11. The monoisotopic (exact) mass is 223 g/mol. The lowest BCUT2D eigenvalue weighted by molar-refractivity contribution is 0.159. The van der Waals surface area contributed by atoms with E-state index in [1.165, 1.54) is 0 Å².